The molecule has 3 N–H and O–H groups in total. The van der Waals surface area contributed by atoms with E-state index in [0.29, 0.717) is 10.9 Å². The maximum atomic E-state index is 12.8. The number of fused-ring (bicyclic) bond motifs is 1. The lowest BCUT2D eigenvalue weighted by atomic mass is 10.1. The van der Waals surface area contributed by atoms with Gasteiger partial charge in [0, 0.05) is 17.1 Å². The van der Waals surface area contributed by atoms with Crippen molar-refractivity contribution < 1.29 is 13.2 Å². The van der Waals surface area contributed by atoms with E-state index in [2.05, 4.69) is 15.0 Å². The fourth-order valence-corrected chi connectivity index (χ4v) is 4.21. The van der Waals surface area contributed by atoms with Crippen LogP contribution in [0.25, 0.3) is 10.9 Å². The standard InChI is InChI=1S/C23H19N3O4S/c1-15-10-12-16(13-11-15)31(29,30)26-21-9-5-4-8-20(21)25-23(28)18-14-24-19-7-3-2-6-17(19)22(18)27/h2-14,26H,1H3,(H,24,27)(H,25,28). The number of aryl methyl sites for hydroxylation is 1. The summed E-state index contributed by atoms with van der Waals surface area (Å²) in [6, 6.07) is 19.7. The predicted octanol–water partition coefficient (Wildman–Crippen LogP) is 3.89. The zero-order chi connectivity index (χ0) is 22.0. The number of benzene rings is 3. The molecule has 8 heteroatoms. The Hall–Kier alpha value is -3.91. The number of sulfonamides is 1. The second-order valence-corrected chi connectivity index (χ2v) is 8.68. The van der Waals surface area contributed by atoms with Crippen LogP contribution >= 0.6 is 0 Å². The van der Waals surface area contributed by atoms with Crippen LogP contribution in [0.1, 0.15) is 15.9 Å². The maximum absolute atomic E-state index is 12.8. The molecule has 1 heterocycles. The Morgan fingerprint density at radius 2 is 1.52 bits per heavy atom. The molecule has 0 bridgehead atoms. The predicted molar refractivity (Wildman–Crippen MR) is 121 cm³/mol. The lowest BCUT2D eigenvalue weighted by Crippen LogP contribution is -2.23. The summed E-state index contributed by atoms with van der Waals surface area (Å²) < 4.78 is 28.0. The molecule has 0 saturated carbocycles. The molecule has 0 saturated heterocycles. The van der Waals surface area contributed by atoms with Gasteiger partial charge in [-0.2, -0.15) is 0 Å². The molecule has 4 rings (SSSR count). The number of rotatable bonds is 5. The zero-order valence-corrected chi connectivity index (χ0v) is 17.4. The molecule has 0 unspecified atom stereocenters. The summed E-state index contributed by atoms with van der Waals surface area (Å²) in [5, 5.41) is 3.02. The van der Waals surface area contributed by atoms with Crippen LogP contribution in [0.5, 0.6) is 0 Å². The third kappa shape index (κ3) is 4.19. The summed E-state index contributed by atoms with van der Waals surface area (Å²) >= 11 is 0. The average molecular weight is 433 g/mol. The zero-order valence-electron chi connectivity index (χ0n) is 16.5. The Balaban J connectivity index is 1.64. The van der Waals surface area contributed by atoms with Crippen molar-refractivity contribution in [3.8, 4) is 0 Å². The number of para-hydroxylation sites is 3. The molecule has 7 nitrogen and oxygen atoms in total. The van der Waals surface area contributed by atoms with Gasteiger partial charge in [0.15, 0.2) is 0 Å². The van der Waals surface area contributed by atoms with Crippen molar-refractivity contribution in [3.63, 3.8) is 0 Å². The molecule has 0 aliphatic rings. The topological polar surface area (TPSA) is 108 Å². The van der Waals surface area contributed by atoms with Crippen molar-refractivity contribution >= 4 is 38.2 Å². The van der Waals surface area contributed by atoms with Crippen LogP contribution in [-0.4, -0.2) is 19.3 Å². The molecule has 3 aromatic carbocycles. The van der Waals surface area contributed by atoms with Crippen LogP contribution in [0.3, 0.4) is 0 Å². The second kappa shape index (κ2) is 8.08. The van der Waals surface area contributed by atoms with Gasteiger partial charge in [0.1, 0.15) is 5.56 Å². The molecule has 0 atom stereocenters. The van der Waals surface area contributed by atoms with E-state index in [-0.39, 0.29) is 21.8 Å². The van der Waals surface area contributed by atoms with Gasteiger partial charge in [0.25, 0.3) is 15.9 Å². The van der Waals surface area contributed by atoms with Crippen LogP contribution in [0.4, 0.5) is 11.4 Å². The van der Waals surface area contributed by atoms with Crippen molar-refractivity contribution in [1.82, 2.24) is 4.98 Å². The first-order chi connectivity index (χ1) is 14.8. The molecular weight excluding hydrogens is 414 g/mol. The first-order valence-corrected chi connectivity index (χ1v) is 10.9. The Bertz CT molecular complexity index is 1440. The van der Waals surface area contributed by atoms with E-state index in [1.165, 1.54) is 24.4 Å². The lowest BCUT2D eigenvalue weighted by molar-refractivity contribution is 0.102. The van der Waals surface area contributed by atoms with Gasteiger partial charge in [-0.3, -0.25) is 14.3 Å². The van der Waals surface area contributed by atoms with Crippen molar-refractivity contribution in [1.29, 1.82) is 0 Å². The van der Waals surface area contributed by atoms with E-state index in [4.69, 9.17) is 0 Å². The maximum Gasteiger partial charge on any atom is 0.261 e. The number of amides is 1. The Morgan fingerprint density at radius 1 is 0.871 bits per heavy atom. The Labute approximate surface area is 178 Å². The molecule has 0 fully saturated rings. The number of aromatic amines is 1. The van der Waals surface area contributed by atoms with E-state index in [1.807, 2.05) is 6.92 Å². The third-order valence-electron chi connectivity index (χ3n) is 4.78. The van der Waals surface area contributed by atoms with Gasteiger partial charge in [-0.15, -0.1) is 0 Å². The molecule has 0 spiro atoms. The highest BCUT2D eigenvalue weighted by Crippen LogP contribution is 2.25. The highest BCUT2D eigenvalue weighted by molar-refractivity contribution is 7.92. The highest BCUT2D eigenvalue weighted by Gasteiger charge is 2.18. The van der Waals surface area contributed by atoms with Crippen molar-refractivity contribution in [3.05, 3.63) is 100 Å². The summed E-state index contributed by atoms with van der Waals surface area (Å²) in [5.74, 6) is -0.644. The van der Waals surface area contributed by atoms with Gasteiger partial charge < -0.3 is 10.3 Å². The number of pyridine rings is 1. The van der Waals surface area contributed by atoms with E-state index in [9.17, 15) is 18.0 Å². The fraction of sp³-hybridized carbons (Fsp3) is 0.0435. The van der Waals surface area contributed by atoms with Crippen LogP contribution in [0.15, 0.2) is 88.7 Å². The van der Waals surface area contributed by atoms with Crippen LogP contribution < -0.4 is 15.5 Å². The smallest absolute Gasteiger partial charge is 0.261 e. The molecule has 156 valence electrons. The molecule has 1 amide bonds. The number of anilines is 2. The fourth-order valence-electron chi connectivity index (χ4n) is 3.13. The SMILES string of the molecule is Cc1ccc(S(=O)(=O)Nc2ccccc2NC(=O)c2c[nH]c3ccccc3c2=O)cc1. The minimum Gasteiger partial charge on any atom is -0.360 e. The highest BCUT2D eigenvalue weighted by atomic mass is 32.2. The van der Waals surface area contributed by atoms with Crippen LogP contribution in [-0.2, 0) is 10.0 Å². The second-order valence-electron chi connectivity index (χ2n) is 7.00. The molecule has 1 aromatic heterocycles. The van der Waals surface area contributed by atoms with Crippen molar-refractivity contribution in [2.24, 2.45) is 0 Å². The number of nitrogens with one attached hydrogen (secondary N) is 3. The number of hydrogen-bond acceptors (Lipinski definition) is 4. The number of carbonyl (C=O) groups excluding carboxylic acids is 1. The minimum absolute atomic E-state index is 0.0742. The van der Waals surface area contributed by atoms with E-state index in [0.717, 1.165) is 5.56 Å². The number of aromatic nitrogens is 1. The number of carbonyl (C=O) groups is 1. The summed E-state index contributed by atoms with van der Waals surface area (Å²) in [6.07, 6.45) is 1.35. The van der Waals surface area contributed by atoms with E-state index < -0.39 is 21.4 Å². The van der Waals surface area contributed by atoms with Crippen LogP contribution in [0.2, 0.25) is 0 Å². The Morgan fingerprint density at radius 3 is 2.26 bits per heavy atom. The number of H-pyrrole nitrogens is 1. The monoisotopic (exact) mass is 433 g/mol. The molecule has 0 radical (unpaired) electrons. The summed E-state index contributed by atoms with van der Waals surface area (Å²) in [4.78, 5) is 28.5. The Kier molecular flexibility index (Phi) is 5.31. The third-order valence-corrected chi connectivity index (χ3v) is 6.17. The van der Waals surface area contributed by atoms with Gasteiger partial charge in [0.2, 0.25) is 5.43 Å². The molecular formula is C23H19N3O4S. The van der Waals surface area contributed by atoms with Gasteiger partial charge in [0.05, 0.1) is 16.3 Å². The molecule has 0 aliphatic heterocycles. The molecule has 31 heavy (non-hydrogen) atoms. The van der Waals surface area contributed by atoms with Gasteiger partial charge >= 0.3 is 0 Å². The van der Waals surface area contributed by atoms with Crippen molar-refractivity contribution in [2.75, 3.05) is 10.0 Å². The van der Waals surface area contributed by atoms with Crippen molar-refractivity contribution in [2.45, 2.75) is 11.8 Å². The van der Waals surface area contributed by atoms with Gasteiger partial charge in [-0.25, -0.2) is 8.42 Å². The lowest BCUT2D eigenvalue weighted by Gasteiger charge is -2.14. The first kappa shape index (κ1) is 20.4. The van der Waals surface area contributed by atoms with Crippen LogP contribution in [0, 0.1) is 6.92 Å². The summed E-state index contributed by atoms with van der Waals surface area (Å²) in [7, 11) is -3.86. The van der Waals surface area contributed by atoms with E-state index in [1.54, 1.807) is 54.6 Å². The summed E-state index contributed by atoms with van der Waals surface area (Å²) in [6.45, 7) is 1.86. The first-order valence-electron chi connectivity index (χ1n) is 9.45. The largest absolute Gasteiger partial charge is 0.360 e. The van der Waals surface area contributed by atoms with E-state index >= 15 is 0 Å². The molecule has 0 aliphatic carbocycles. The average Bonchev–Trinajstić information content (AvgIpc) is 2.75. The van der Waals surface area contributed by atoms with Gasteiger partial charge in [-0.1, -0.05) is 42.0 Å². The minimum atomic E-state index is -3.86. The normalized spacial score (nSPS) is 11.3. The summed E-state index contributed by atoms with van der Waals surface area (Å²) in [5.41, 5.74) is 1.49. The quantitative estimate of drug-likeness (QED) is 0.444. The van der Waals surface area contributed by atoms with Gasteiger partial charge in [-0.05, 0) is 43.3 Å². The number of hydrogen-bond donors (Lipinski definition) is 3. The molecule has 4 aromatic rings.